The van der Waals surface area contributed by atoms with E-state index >= 15 is 0 Å². The van der Waals surface area contributed by atoms with Crippen LogP contribution in [0.1, 0.15) is 22.8 Å². The Kier molecular flexibility index (Phi) is 6.57. The van der Waals surface area contributed by atoms with Crippen molar-refractivity contribution >= 4 is 17.9 Å². The third-order valence-electron chi connectivity index (χ3n) is 3.87. The summed E-state index contributed by atoms with van der Waals surface area (Å²) in [6, 6.07) is 16.7. The first-order valence-electron chi connectivity index (χ1n) is 9.21. The molecule has 0 aliphatic heterocycles. The third-order valence-corrected chi connectivity index (χ3v) is 3.87. The topological polar surface area (TPSA) is 89.5 Å². The molecule has 8 heteroatoms. The van der Waals surface area contributed by atoms with Gasteiger partial charge in [0.15, 0.2) is 0 Å². The summed E-state index contributed by atoms with van der Waals surface area (Å²) >= 11 is 0. The Hall–Kier alpha value is -3.68. The van der Waals surface area contributed by atoms with Crippen LogP contribution in [0.4, 0.5) is 11.9 Å². The maximum Gasteiger partial charge on any atom is 0.338 e. The predicted octanol–water partition coefficient (Wildman–Crippen LogP) is 3.52. The summed E-state index contributed by atoms with van der Waals surface area (Å²) in [6.07, 6.45) is 0. The summed E-state index contributed by atoms with van der Waals surface area (Å²) < 4.78 is 10.8. The first kappa shape index (κ1) is 20.1. The smallest absolute Gasteiger partial charge is 0.338 e. The van der Waals surface area contributed by atoms with Crippen molar-refractivity contribution in [1.29, 1.82) is 0 Å². The summed E-state index contributed by atoms with van der Waals surface area (Å²) in [7, 11) is 3.68. The number of hydrogen-bond acceptors (Lipinski definition) is 8. The van der Waals surface area contributed by atoms with Crippen LogP contribution in [0.5, 0.6) is 11.8 Å². The Bertz CT molecular complexity index is 946. The van der Waals surface area contributed by atoms with E-state index in [4.69, 9.17) is 9.47 Å². The molecule has 29 heavy (non-hydrogen) atoms. The highest BCUT2D eigenvalue weighted by Gasteiger charge is 2.11. The van der Waals surface area contributed by atoms with Crippen LogP contribution in [0.25, 0.3) is 0 Å². The number of anilines is 2. The second-order valence-electron chi connectivity index (χ2n) is 6.32. The van der Waals surface area contributed by atoms with E-state index in [1.54, 1.807) is 36.1 Å². The molecule has 0 bridgehead atoms. The van der Waals surface area contributed by atoms with Gasteiger partial charge in [0.2, 0.25) is 11.9 Å². The van der Waals surface area contributed by atoms with E-state index < -0.39 is 0 Å². The molecule has 1 heterocycles. The standard InChI is InChI=1S/C21H23N5O3/c1-4-28-18(27)16-10-12-17(13-11-16)29-21-24-19(23-20(25-21)26(2)3)22-14-15-8-6-5-7-9-15/h5-13H,4,14H2,1-3H3,(H,22,23,24,25). The first-order valence-corrected chi connectivity index (χ1v) is 9.21. The van der Waals surface area contributed by atoms with Crippen LogP contribution >= 0.6 is 0 Å². The Morgan fingerprint density at radius 3 is 2.38 bits per heavy atom. The lowest BCUT2D eigenvalue weighted by molar-refractivity contribution is 0.0526. The number of rotatable bonds is 8. The molecule has 0 saturated heterocycles. The Labute approximate surface area is 169 Å². The van der Waals surface area contributed by atoms with Gasteiger partial charge in [-0.25, -0.2) is 4.79 Å². The molecule has 3 rings (SSSR count). The number of carbonyl (C=O) groups is 1. The van der Waals surface area contributed by atoms with Crippen molar-refractivity contribution in [3.8, 4) is 11.8 Å². The van der Waals surface area contributed by atoms with Crippen LogP contribution in [0.3, 0.4) is 0 Å². The molecule has 0 spiro atoms. The van der Waals surface area contributed by atoms with Gasteiger partial charge in [-0.05, 0) is 36.8 Å². The molecule has 8 nitrogen and oxygen atoms in total. The summed E-state index contributed by atoms with van der Waals surface area (Å²) in [6.45, 7) is 2.67. The van der Waals surface area contributed by atoms with Crippen LogP contribution in [-0.2, 0) is 11.3 Å². The van der Waals surface area contributed by atoms with Gasteiger partial charge >= 0.3 is 12.0 Å². The van der Waals surface area contributed by atoms with Gasteiger partial charge in [-0.15, -0.1) is 0 Å². The van der Waals surface area contributed by atoms with Gasteiger partial charge in [-0.3, -0.25) is 0 Å². The van der Waals surface area contributed by atoms with Crippen LogP contribution in [0.15, 0.2) is 54.6 Å². The number of carbonyl (C=O) groups excluding carboxylic acids is 1. The zero-order valence-corrected chi connectivity index (χ0v) is 16.6. The fraction of sp³-hybridized carbons (Fsp3) is 0.238. The molecule has 150 valence electrons. The molecule has 0 saturated carbocycles. The summed E-state index contributed by atoms with van der Waals surface area (Å²) in [5.41, 5.74) is 1.56. The number of nitrogens with zero attached hydrogens (tertiary/aromatic N) is 4. The molecule has 0 aliphatic rings. The van der Waals surface area contributed by atoms with Gasteiger partial charge in [0, 0.05) is 20.6 Å². The molecule has 0 fully saturated rings. The Morgan fingerprint density at radius 2 is 1.72 bits per heavy atom. The minimum atomic E-state index is -0.374. The SMILES string of the molecule is CCOC(=O)c1ccc(Oc2nc(NCc3ccccc3)nc(N(C)C)n2)cc1. The molecule has 0 unspecified atom stereocenters. The highest BCUT2D eigenvalue weighted by atomic mass is 16.5. The molecular weight excluding hydrogens is 370 g/mol. The summed E-state index contributed by atoms with van der Waals surface area (Å²) in [4.78, 5) is 26.6. The largest absolute Gasteiger partial charge is 0.462 e. The molecule has 0 atom stereocenters. The number of hydrogen-bond donors (Lipinski definition) is 1. The van der Waals surface area contributed by atoms with E-state index in [2.05, 4.69) is 20.3 Å². The second kappa shape index (κ2) is 9.50. The first-order chi connectivity index (χ1) is 14.0. The number of aromatic nitrogens is 3. The van der Waals surface area contributed by atoms with Gasteiger partial charge in [0.25, 0.3) is 0 Å². The number of ether oxygens (including phenoxy) is 2. The maximum atomic E-state index is 11.8. The molecule has 3 aromatic rings. The minimum Gasteiger partial charge on any atom is -0.462 e. The van der Waals surface area contributed by atoms with Crippen molar-refractivity contribution in [2.24, 2.45) is 0 Å². The van der Waals surface area contributed by atoms with E-state index in [9.17, 15) is 4.79 Å². The minimum absolute atomic E-state index is 0.156. The van der Waals surface area contributed by atoms with Gasteiger partial charge in [-0.1, -0.05) is 30.3 Å². The monoisotopic (exact) mass is 393 g/mol. The van der Waals surface area contributed by atoms with E-state index in [1.807, 2.05) is 44.4 Å². The molecule has 0 amide bonds. The van der Waals surface area contributed by atoms with Gasteiger partial charge in [0.05, 0.1) is 12.2 Å². The van der Waals surface area contributed by atoms with Crippen LogP contribution in [0, 0.1) is 0 Å². The zero-order chi connectivity index (χ0) is 20.6. The molecule has 1 aromatic heterocycles. The second-order valence-corrected chi connectivity index (χ2v) is 6.32. The van der Waals surface area contributed by atoms with E-state index in [1.165, 1.54) is 0 Å². The zero-order valence-electron chi connectivity index (χ0n) is 16.6. The van der Waals surface area contributed by atoms with Crippen LogP contribution in [0.2, 0.25) is 0 Å². The third kappa shape index (κ3) is 5.65. The summed E-state index contributed by atoms with van der Waals surface area (Å²) in [5.74, 6) is 1.00. The lowest BCUT2D eigenvalue weighted by Crippen LogP contribution is -2.15. The highest BCUT2D eigenvalue weighted by molar-refractivity contribution is 5.89. The van der Waals surface area contributed by atoms with Crippen LogP contribution < -0.4 is 15.0 Å². The van der Waals surface area contributed by atoms with E-state index in [0.29, 0.717) is 36.4 Å². The van der Waals surface area contributed by atoms with E-state index in [-0.39, 0.29) is 12.0 Å². The van der Waals surface area contributed by atoms with Crippen molar-refractivity contribution < 1.29 is 14.3 Å². The molecular formula is C21H23N5O3. The Morgan fingerprint density at radius 1 is 1.00 bits per heavy atom. The lowest BCUT2D eigenvalue weighted by atomic mass is 10.2. The van der Waals surface area contributed by atoms with Crippen molar-refractivity contribution in [3.05, 3.63) is 65.7 Å². The quantitative estimate of drug-likeness (QED) is 0.582. The van der Waals surface area contributed by atoms with Crippen LogP contribution in [-0.4, -0.2) is 41.6 Å². The molecule has 0 aliphatic carbocycles. The van der Waals surface area contributed by atoms with Crippen molar-refractivity contribution in [1.82, 2.24) is 15.0 Å². The normalized spacial score (nSPS) is 10.3. The van der Waals surface area contributed by atoms with Gasteiger partial charge < -0.3 is 19.7 Å². The number of nitrogens with one attached hydrogen (secondary N) is 1. The fourth-order valence-electron chi connectivity index (χ4n) is 2.43. The Balaban J connectivity index is 1.75. The lowest BCUT2D eigenvalue weighted by Gasteiger charge is -2.14. The van der Waals surface area contributed by atoms with Crippen molar-refractivity contribution in [2.45, 2.75) is 13.5 Å². The average molecular weight is 393 g/mol. The van der Waals surface area contributed by atoms with E-state index in [0.717, 1.165) is 5.56 Å². The summed E-state index contributed by atoms with van der Waals surface area (Å²) in [5, 5.41) is 3.19. The molecule has 1 N–H and O–H groups in total. The number of esters is 1. The van der Waals surface area contributed by atoms with Gasteiger partial charge in [-0.2, -0.15) is 15.0 Å². The van der Waals surface area contributed by atoms with Crippen molar-refractivity contribution in [2.75, 3.05) is 30.9 Å². The molecule has 0 radical (unpaired) electrons. The number of benzene rings is 2. The maximum absolute atomic E-state index is 11.8. The predicted molar refractivity (Wildman–Crippen MR) is 110 cm³/mol. The highest BCUT2D eigenvalue weighted by Crippen LogP contribution is 2.21. The van der Waals surface area contributed by atoms with Crippen molar-refractivity contribution in [3.63, 3.8) is 0 Å². The molecule has 2 aromatic carbocycles. The fourth-order valence-corrected chi connectivity index (χ4v) is 2.43. The van der Waals surface area contributed by atoms with Gasteiger partial charge in [0.1, 0.15) is 5.75 Å². The average Bonchev–Trinajstić information content (AvgIpc) is 2.73.